The van der Waals surface area contributed by atoms with Crippen LogP contribution in [-0.2, 0) is 19.0 Å². The first-order valence-electron chi connectivity index (χ1n) is 6.22. The van der Waals surface area contributed by atoms with E-state index >= 15 is 0 Å². The topological polar surface area (TPSA) is 51.2 Å². The van der Waals surface area contributed by atoms with E-state index in [1.54, 1.807) is 13.2 Å². The van der Waals surface area contributed by atoms with E-state index in [2.05, 4.69) is 6.58 Å². The molecule has 1 aliphatic heterocycles. The summed E-state index contributed by atoms with van der Waals surface area (Å²) in [6.45, 7) is 5.65. The highest BCUT2D eigenvalue weighted by atomic mass is 16.6. The third-order valence-corrected chi connectivity index (χ3v) is 2.58. The largest absolute Gasteiger partial charge is 0.422 e. The van der Waals surface area contributed by atoms with Gasteiger partial charge in [-0.3, -0.25) is 4.79 Å². The van der Waals surface area contributed by atoms with Crippen LogP contribution in [0.5, 0.6) is 0 Å². The van der Waals surface area contributed by atoms with Gasteiger partial charge >= 0.3 is 5.97 Å². The van der Waals surface area contributed by atoms with Crippen molar-refractivity contribution in [3.05, 3.63) is 25.1 Å². The fraction of sp³-hybridized carbons (Fsp3) is 0.615. The summed E-state index contributed by atoms with van der Waals surface area (Å²) in [5, 5.41) is 0. The predicted octanol–water partition coefficient (Wildman–Crippen LogP) is 0.771. The van der Waals surface area contributed by atoms with Crippen molar-refractivity contribution in [1.29, 1.82) is 0 Å². The molecule has 108 valence electrons. The van der Waals surface area contributed by atoms with Crippen LogP contribution in [0.1, 0.15) is 6.42 Å². The van der Waals surface area contributed by atoms with Gasteiger partial charge in [0.15, 0.2) is 0 Å². The van der Waals surface area contributed by atoms with Gasteiger partial charge in [-0.05, 0) is 0 Å². The molecule has 19 heavy (non-hydrogen) atoms. The lowest BCUT2D eigenvalue weighted by Crippen LogP contribution is -2.40. The monoisotopic (exact) mass is 270 g/mol. The van der Waals surface area contributed by atoms with Gasteiger partial charge in [-0.1, -0.05) is 6.08 Å². The summed E-state index contributed by atoms with van der Waals surface area (Å²) in [4.78, 5) is 15.4. The summed E-state index contributed by atoms with van der Waals surface area (Å²) in [6, 6.07) is 0. The molecule has 0 aromatic carbocycles. The fourth-order valence-corrected chi connectivity index (χ4v) is 1.60. The number of hydrogen-bond donors (Lipinski definition) is 0. The van der Waals surface area contributed by atoms with Crippen LogP contribution < -0.4 is 0 Å². The number of carbonyl (C=O) groups is 1. The summed E-state index contributed by atoms with van der Waals surface area (Å²) >= 11 is 0. The van der Waals surface area contributed by atoms with Gasteiger partial charge in [0.25, 0.3) is 6.35 Å². The molecular weight excluding hydrogens is 248 g/mol. The lowest BCUT2D eigenvalue weighted by Gasteiger charge is -2.28. The summed E-state index contributed by atoms with van der Waals surface area (Å²) < 4.78 is 15.5. The van der Waals surface area contributed by atoms with Crippen LogP contribution in [0.15, 0.2) is 25.1 Å². The van der Waals surface area contributed by atoms with Gasteiger partial charge in [0.05, 0.1) is 26.2 Å². The zero-order valence-corrected chi connectivity index (χ0v) is 11.6. The Morgan fingerprint density at radius 1 is 1.37 bits per heavy atom. The van der Waals surface area contributed by atoms with Gasteiger partial charge in [-0.25, -0.2) is 0 Å². The Morgan fingerprint density at radius 2 is 2.16 bits per heavy atom. The lowest BCUT2D eigenvalue weighted by molar-refractivity contribution is -0.167. The van der Waals surface area contributed by atoms with Crippen LogP contribution in [0.3, 0.4) is 0 Å². The first-order valence-corrected chi connectivity index (χ1v) is 6.22. The van der Waals surface area contributed by atoms with E-state index in [0.29, 0.717) is 26.4 Å². The molecule has 0 saturated heterocycles. The summed E-state index contributed by atoms with van der Waals surface area (Å²) in [5.74, 6) is -0.285. The van der Waals surface area contributed by atoms with Crippen molar-refractivity contribution in [2.45, 2.75) is 12.8 Å². The first kappa shape index (κ1) is 15.5. The van der Waals surface area contributed by atoms with E-state index in [0.717, 1.165) is 0 Å². The minimum atomic E-state index is -0.399. The fourth-order valence-electron chi connectivity index (χ4n) is 1.60. The molecule has 0 amide bonds. The molecule has 6 heteroatoms. The molecule has 0 N–H and O–H groups in total. The molecule has 0 bridgehead atoms. The van der Waals surface area contributed by atoms with Gasteiger partial charge in [-0.2, -0.15) is 0 Å². The highest BCUT2D eigenvalue weighted by Gasteiger charge is 2.26. The highest BCUT2D eigenvalue weighted by molar-refractivity contribution is 5.69. The van der Waals surface area contributed by atoms with Crippen LogP contribution in [0.4, 0.5) is 0 Å². The quantitative estimate of drug-likeness (QED) is 0.350. The molecule has 1 heterocycles. The molecule has 0 spiro atoms. The van der Waals surface area contributed by atoms with Crippen molar-refractivity contribution in [3.8, 4) is 0 Å². The van der Waals surface area contributed by atoms with Crippen molar-refractivity contribution in [2.24, 2.45) is 0 Å². The van der Waals surface area contributed by atoms with Crippen LogP contribution in [0, 0.1) is 0 Å². The second kappa shape index (κ2) is 8.55. The molecule has 1 aliphatic rings. The van der Waals surface area contributed by atoms with Gasteiger partial charge in [0.2, 0.25) is 0 Å². The maximum absolute atomic E-state index is 11.7. The number of ether oxygens (including phenoxy) is 3. The van der Waals surface area contributed by atoms with Crippen LogP contribution >= 0.6 is 0 Å². The van der Waals surface area contributed by atoms with Crippen LogP contribution in [0.25, 0.3) is 0 Å². The Balaban J connectivity index is 2.25. The molecule has 1 unspecified atom stereocenters. The number of carbonyl (C=O) groups excluding carboxylic acids is 1. The van der Waals surface area contributed by atoms with E-state index in [-0.39, 0.29) is 12.4 Å². The zero-order chi connectivity index (χ0) is 14.1. The van der Waals surface area contributed by atoms with Crippen molar-refractivity contribution in [2.75, 3.05) is 40.5 Å². The minimum absolute atomic E-state index is 0.232. The van der Waals surface area contributed by atoms with E-state index in [4.69, 9.17) is 14.2 Å². The molecule has 0 saturated carbocycles. The second-order valence-corrected chi connectivity index (χ2v) is 4.12. The smallest absolute Gasteiger partial charge is 0.311 e. The van der Waals surface area contributed by atoms with E-state index in [1.165, 1.54) is 0 Å². The SMILES string of the molecule is C=CCN1C=CN(C)C1OC(=O)CCOCCOC. The minimum Gasteiger partial charge on any atom is -0.422 e. The third kappa shape index (κ3) is 5.32. The molecule has 1 rings (SSSR count). The summed E-state index contributed by atoms with van der Waals surface area (Å²) in [5.41, 5.74) is 0. The molecule has 0 aliphatic carbocycles. The van der Waals surface area contributed by atoms with E-state index < -0.39 is 6.35 Å². The highest BCUT2D eigenvalue weighted by Crippen LogP contribution is 2.15. The Labute approximate surface area is 114 Å². The normalized spacial score (nSPS) is 17.9. The predicted molar refractivity (Wildman–Crippen MR) is 71.0 cm³/mol. The summed E-state index contributed by atoms with van der Waals surface area (Å²) in [7, 11) is 3.46. The Morgan fingerprint density at radius 3 is 2.84 bits per heavy atom. The van der Waals surface area contributed by atoms with Crippen molar-refractivity contribution in [3.63, 3.8) is 0 Å². The van der Waals surface area contributed by atoms with Crippen LogP contribution in [0.2, 0.25) is 0 Å². The Hall–Kier alpha value is -1.53. The number of esters is 1. The average molecular weight is 270 g/mol. The maximum atomic E-state index is 11.7. The molecule has 0 radical (unpaired) electrons. The molecule has 0 aromatic rings. The number of methoxy groups -OCH3 is 1. The van der Waals surface area contributed by atoms with Gasteiger partial charge < -0.3 is 24.0 Å². The lowest BCUT2D eigenvalue weighted by atomic mass is 10.4. The maximum Gasteiger partial charge on any atom is 0.311 e. The van der Waals surface area contributed by atoms with Gasteiger partial charge in [0, 0.05) is 33.1 Å². The molecular formula is C13H22N2O4. The molecule has 0 fully saturated rings. The Bertz CT molecular complexity index is 320. The van der Waals surface area contributed by atoms with Crippen molar-refractivity contribution >= 4 is 5.97 Å². The number of hydrogen-bond acceptors (Lipinski definition) is 6. The first-order chi connectivity index (χ1) is 9.19. The molecule has 6 nitrogen and oxygen atoms in total. The average Bonchev–Trinajstić information content (AvgIpc) is 2.72. The molecule has 0 aromatic heterocycles. The number of nitrogens with zero attached hydrogens (tertiary/aromatic N) is 2. The van der Waals surface area contributed by atoms with Gasteiger partial charge in [-0.15, -0.1) is 6.58 Å². The van der Waals surface area contributed by atoms with Crippen LogP contribution in [-0.4, -0.2) is 62.6 Å². The van der Waals surface area contributed by atoms with Crippen molar-refractivity contribution < 1.29 is 19.0 Å². The van der Waals surface area contributed by atoms with E-state index in [1.807, 2.05) is 29.2 Å². The second-order valence-electron chi connectivity index (χ2n) is 4.12. The Kier molecular flexibility index (Phi) is 6.99. The van der Waals surface area contributed by atoms with Gasteiger partial charge in [0.1, 0.15) is 0 Å². The standard InChI is InChI=1S/C13H22N2O4/c1-4-6-15-8-7-14(2)13(15)19-12(16)5-9-18-11-10-17-3/h4,7-8,13H,1,5-6,9-11H2,2-3H3. The summed E-state index contributed by atoms with van der Waals surface area (Å²) in [6.07, 6.45) is 5.32. The zero-order valence-electron chi connectivity index (χ0n) is 11.6. The van der Waals surface area contributed by atoms with Crippen molar-refractivity contribution in [1.82, 2.24) is 9.80 Å². The number of rotatable bonds is 9. The third-order valence-electron chi connectivity index (χ3n) is 2.58. The molecule has 1 atom stereocenters. The van der Waals surface area contributed by atoms with E-state index in [9.17, 15) is 4.79 Å².